The summed E-state index contributed by atoms with van der Waals surface area (Å²) in [6, 6.07) is 0.690. The summed E-state index contributed by atoms with van der Waals surface area (Å²) < 4.78 is 0. The van der Waals surface area contributed by atoms with Crippen LogP contribution in [0.25, 0.3) is 0 Å². The minimum Gasteiger partial charge on any atom is -0.353 e. The Morgan fingerprint density at radius 2 is 1.88 bits per heavy atom. The summed E-state index contributed by atoms with van der Waals surface area (Å²) >= 11 is 0. The predicted octanol–water partition coefficient (Wildman–Crippen LogP) is 1.73. The molecule has 1 atom stereocenters. The smallest absolute Gasteiger partial charge is 0.223 e. The molecule has 0 radical (unpaired) electrons. The quantitative estimate of drug-likeness (QED) is 0.699. The number of nitrogens with one attached hydrogen (secondary N) is 1. The summed E-state index contributed by atoms with van der Waals surface area (Å²) in [5, 5.41) is 3.17. The standard InChI is InChI=1S/C13H22N2O/c14-11-8-6-10(7-9-11)13(16)15-12-4-2-1-3-5-12/h1-2,10-12H,3-9,14H2,(H,15,16). The monoisotopic (exact) mass is 222 g/mol. The highest BCUT2D eigenvalue weighted by Crippen LogP contribution is 2.23. The predicted molar refractivity (Wildman–Crippen MR) is 64.9 cm³/mol. The highest BCUT2D eigenvalue weighted by Gasteiger charge is 2.25. The van der Waals surface area contributed by atoms with Gasteiger partial charge < -0.3 is 11.1 Å². The molecule has 3 N–H and O–H groups in total. The fourth-order valence-corrected chi connectivity index (χ4v) is 2.63. The third kappa shape index (κ3) is 3.08. The Balaban J connectivity index is 1.77. The second kappa shape index (κ2) is 5.48. The van der Waals surface area contributed by atoms with Gasteiger partial charge in [-0.25, -0.2) is 0 Å². The molecule has 2 aliphatic carbocycles. The summed E-state index contributed by atoms with van der Waals surface area (Å²) in [7, 11) is 0. The third-order valence-corrected chi connectivity index (χ3v) is 3.76. The average Bonchev–Trinajstić information content (AvgIpc) is 2.31. The molecule has 0 bridgehead atoms. The largest absolute Gasteiger partial charge is 0.353 e. The van der Waals surface area contributed by atoms with Crippen LogP contribution < -0.4 is 11.1 Å². The van der Waals surface area contributed by atoms with Crippen LogP contribution in [0.4, 0.5) is 0 Å². The minimum atomic E-state index is 0.214. The van der Waals surface area contributed by atoms with Crippen LogP contribution in [0.2, 0.25) is 0 Å². The highest BCUT2D eigenvalue weighted by molar-refractivity contribution is 5.79. The summed E-state index contributed by atoms with van der Waals surface area (Å²) in [5.41, 5.74) is 5.84. The van der Waals surface area contributed by atoms with Gasteiger partial charge in [0.2, 0.25) is 5.91 Å². The van der Waals surface area contributed by atoms with E-state index < -0.39 is 0 Å². The van der Waals surface area contributed by atoms with Crippen LogP contribution in [0.5, 0.6) is 0 Å². The number of nitrogens with two attached hydrogens (primary N) is 1. The van der Waals surface area contributed by atoms with Gasteiger partial charge in [-0.3, -0.25) is 4.79 Å². The first-order valence-corrected chi connectivity index (χ1v) is 6.46. The Kier molecular flexibility index (Phi) is 3.99. The number of amides is 1. The average molecular weight is 222 g/mol. The molecule has 1 saturated carbocycles. The second-order valence-corrected chi connectivity index (χ2v) is 5.10. The van der Waals surface area contributed by atoms with Crippen molar-refractivity contribution < 1.29 is 4.79 Å². The van der Waals surface area contributed by atoms with Gasteiger partial charge >= 0.3 is 0 Å². The lowest BCUT2D eigenvalue weighted by Crippen LogP contribution is -2.41. The number of carbonyl (C=O) groups is 1. The molecule has 0 aromatic rings. The van der Waals surface area contributed by atoms with Crippen LogP contribution in [-0.4, -0.2) is 18.0 Å². The molecule has 3 nitrogen and oxygen atoms in total. The van der Waals surface area contributed by atoms with E-state index in [1.165, 1.54) is 0 Å². The van der Waals surface area contributed by atoms with Gasteiger partial charge in [-0.1, -0.05) is 12.2 Å². The van der Waals surface area contributed by atoms with Crippen LogP contribution in [0.15, 0.2) is 12.2 Å². The zero-order chi connectivity index (χ0) is 11.4. The molecule has 0 aromatic carbocycles. The molecule has 2 aliphatic rings. The van der Waals surface area contributed by atoms with Crippen molar-refractivity contribution in [1.29, 1.82) is 0 Å². The van der Waals surface area contributed by atoms with Crippen molar-refractivity contribution in [2.75, 3.05) is 0 Å². The fourth-order valence-electron chi connectivity index (χ4n) is 2.63. The lowest BCUT2D eigenvalue weighted by Gasteiger charge is -2.27. The van der Waals surface area contributed by atoms with Gasteiger partial charge in [-0.15, -0.1) is 0 Å². The molecule has 1 amide bonds. The van der Waals surface area contributed by atoms with Gasteiger partial charge in [0, 0.05) is 18.0 Å². The van der Waals surface area contributed by atoms with E-state index in [1.54, 1.807) is 0 Å². The molecule has 0 aromatic heterocycles. The number of rotatable bonds is 2. The first-order valence-electron chi connectivity index (χ1n) is 6.46. The topological polar surface area (TPSA) is 55.1 Å². The van der Waals surface area contributed by atoms with Crippen LogP contribution in [0.3, 0.4) is 0 Å². The van der Waals surface area contributed by atoms with E-state index in [-0.39, 0.29) is 11.8 Å². The zero-order valence-corrected chi connectivity index (χ0v) is 9.82. The molecular formula is C13H22N2O. The summed E-state index contributed by atoms with van der Waals surface area (Å²) in [6.45, 7) is 0. The van der Waals surface area contributed by atoms with Crippen molar-refractivity contribution in [3.8, 4) is 0 Å². The molecule has 1 unspecified atom stereocenters. The maximum Gasteiger partial charge on any atom is 0.223 e. The maximum absolute atomic E-state index is 12.0. The lowest BCUT2D eigenvalue weighted by atomic mass is 9.85. The van der Waals surface area contributed by atoms with Gasteiger partial charge in [0.05, 0.1) is 0 Å². The molecule has 1 fully saturated rings. The van der Waals surface area contributed by atoms with Crippen molar-refractivity contribution >= 4 is 5.91 Å². The first-order chi connectivity index (χ1) is 7.75. The second-order valence-electron chi connectivity index (χ2n) is 5.10. The molecule has 90 valence electrons. The number of hydrogen-bond donors (Lipinski definition) is 2. The molecule has 0 saturated heterocycles. The van der Waals surface area contributed by atoms with E-state index >= 15 is 0 Å². The molecule has 0 aliphatic heterocycles. The van der Waals surface area contributed by atoms with E-state index in [9.17, 15) is 4.79 Å². The number of allylic oxidation sites excluding steroid dienone is 1. The molecular weight excluding hydrogens is 200 g/mol. The Morgan fingerprint density at radius 3 is 2.50 bits per heavy atom. The lowest BCUT2D eigenvalue weighted by molar-refractivity contribution is -0.126. The Hall–Kier alpha value is -0.830. The van der Waals surface area contributed by atoms with Gasteiger partial charge in [-0.2, -0.15) is 0 Å². The maximum atomic E-state index is 12.0. The molecule has 2 rings (SSSR count). The number of hydrogen-bond acceptors (Lipinski definition) is 2. The highest BCUT2D eigenvalue weighted by atomic mass is 16.1. The van der Waals surface area contributed by atoms with E-state index in [2.05, 4.69) is 17.5 Å². The Labute approximate surface area is 97.5 Å². The van der Waals surface area contributed by atoms with Crippen LogP contribution in [0.1, 0.15) is 44.9 Å². The SMILES string of the molecule is NC1CCC(C(=O)NC2CC=CCC2)CC1. The van der Waals surface area contributed by atoms with Crippen LogP contribution in [-0.2, 0) is 4.79 Å². The third-order valence-electron chi connectivity index (χ3n) is 3.76. The normalized spacial score (nSPS) is 34.7. The van der Waals surface area contributed by atoms with Crippen molar-refractivity contribution in [3.63, 3.8) is 0 Å². The summed E-state index contributed by atoms with van der Waals surface area (Å²) in [6.07, 6.45) is 11.5. The van der Waals surface area contributed by atoms with Crippen molar-refractivity contribution in [2.45, 2.75) is 57.0 Å². The molecule has 0 spiro atoms. The molecule has 16 heavy (non-hydrogen) atoms. The van der Waals surface area contributed by atoms with Gasteiger partial charge in [0.15, 0.2) is 0 Å². The Morgan fingerprint density at radius 1 is 1.12 bits per heavy atom. The van der Waals surface area contributed by atoms with Crippen molar-refractivity contribution in [1.82, 2.24) is 5.32 Å². The van der Waals surface area contributed by atoms with Gasteiger partial charge in [0.25, 0.3) is 0 Å². The van der Waals surface area contributed by atoms with Crippen molar-refractivity contribution in [3.05, 3.63) is 12.2 Å². The van der Waals surface area contributed by atoms with Gasteiger partial charge in [-0.05, 0) is 44.9 Å². The minimum absolute atomic E-state index is 0.214. The summed E-state index contributed by atoms with van der Waals surface area (Å²) in [4.78, 5) is 12.0. The number of carbonyl (C=O) groups excluding carboxylic acids is 1. The molecule has 0 heterocycles. The van der Waals surface area contributed by atoms with E-state index in [4.69, 9.17) is 5.73 Å². The van der Waals surface area contributed by atoms with Crippen LogP contribution in [0, 0.1) is 5.92 Å². The van der Waals surface area contributed by atoms with Crippen LogP contribution >= 0.6 is 0 Å². The van der Waals surface area contributed by atoms with E-state index in [0.29, 0.717) is 12.1 Å². The van der Waals surface area contributed by atoms with E-state index in [0.717, 1.165) is 44.9 Å². The zero-order valence-electron chi connectivity index (χ0n) is 9.82. The fraction of sp³-hybridized carbons (Fsp3) is 0.769. The van der Waals surface area contributed by atoms with E-state index in [1.807, 2.05) is 0 Å². The van der Waals surface area contributed by atoms with Gasteiger partial charge in [0.1, 0.15) is 0 Å². The first kappa shape index (κ1) is 11.6. The van der Waals surface area contributed by atoms with Crippen molar-refractivity contribution in [2.24, 2.45) is 11.7 Å². The molecule has 3 heteroatoms. The Bertz CT molecular complexity index is 267. The summed E-state index contributed by atoms with van der Waals surface area (Å²) in [5.74, 6) is 0.470.